The minimum atomic E-state index is 0.271. The largest absolute Gasteiger partial charge is 0.381 e. The Bertz CT molecular complexity index is 676. The van der Waals surface area contributed by atoms with Gasteiger partial charge in [0.2, 0.25) is 0 Å². The van der Waals surface area contributed by atoms with Crippen LogP contribution in [-0.2, 0) is 9.47 Å². The fraction of sp³-hybridized carbons (Fsp3) is 0.458. The molecule has 0 saturated carbocycles. The molecule has 5 heteroatoms. The molecule has 1 fully saturated rings. The lowest BCUT2D eigenvalue weighted by Gasteiger charge is -2.22. The molecule has 0 atom stereocenters. The van der Waals surface area contributed by atoms with Crippen molar-refractivity contribution >= 4 is 5.96 Å². The molecule has 5 nitrogen and oxygen atoms in total. The highest BCUT2D eigenvalue weighted by molar-refractivity contribution is 5.79. The molecule has 2 aromatic rings. The monoisotopic (exact) mass is 395 g/mol. The molecule has 0 aromatic heterocycles. The number of nitrogens with one attached hydrogen (secondary N) is 2. The van der Waals surface area contributed by atoms with Gasteiger partial charge in [0, 0.05) is 45.9 Å². The number of ether oxygens (including phenoxy) is 2. The highest BCUT2D eigenvalue weighted by Crippen LogP contribution is 2.23. The zero-order valence-electron chi connectivity index (χ0n) is 17.3. The molecule has 0 unspecified atom stereocenters. The summed E-state index contributed by atoms with van der Waals surface area (Å²) in [5.41, 5.74) is 2.60. The lowest BCUT2D eigenvalue weighted by atomic mass is 9.91. The van der Waals surface area contributed by atoms with Crippen molar-refractivity contribution in [2.24, 2.45) is 4.99 Å². The van der Waals surface area contributed by atoms with Gasteiger partial charge in [0.05, 0.1) is 6.10 Å². The van der Waals surface area contributed by atoms with Crippen LogP contribution in [0.3, 0.4) is 0 Å². The zero-order valence-corrected chi connectivity index (χ0v) is 17.3. The predicted octanol–water partition coefficient (Wildman–Crippen LogP) is 3.57. The van der Waals surface area contributed by atoms with Gasteiger partial charge in [-0.05, 0) is 30.4 Å². The van der Waals surface area contributed by atoms with Gasteiger partial charge < -0.3 is 20.1 Å². The van der Waals surface area contributed by atoms with Crippen LogP contribution in [0.25, 0.3) is 0 Å². The second-order valence-electron chi connectivity index (χ2n) is 7.29. The minimum absolute atomic E-state index is 0.271. The Morgan fingerprint density at radius 3 is 2.21 bits per heavy atom. The molecule has 3 rings (SSSR count). The normalized spacial score (nSPS) is 15.4. The number of nitrogens with zero attached hydrogens (tertiary/aromatic N) is 1. The van der Waals surface area contributed by atoms with E-state index in [2.05, 4.69) is 76.3 Å². The van der Waals surface area contributed by atoms with Crippen molar-refractivity contribution < 1.29 is 9.47 Å². The Balaban J connectivity index is 1.45. The Hall–Kier alpha value is -2.37. The molecule has 2 aromatic carbocycles. The maximum absolute atomic E-state index is 5.93. The average Bonchev–Trinajstić information content (AvgIpc) is 2.80. The molecular formula is C24H33N3O2. The van der Waals surface area contributed by atoms with Crippen LogP contribution in [0.15, 0.2) is 65.7 Å². The van der Waals surface area contributed by atoms with Gasteiger partial charge in [-0.3, -0.25) is 4.99 Å². The van der Waals surface area contributed by atoms with Crippen LogP contribution >= 0.6 is 0 Å². The lowest BCUT2D eigenvalue weighted by Crippen LogP contribution is -2.40. The van der Waals surface area contributed by atoms with Crippen molar-refractivity contribution in [1.82, 2.24) is 10.6 Å². The summed E-state index contributed by atoms with van der Waals surface area (Å²) in [6.45, 7) is 4.04. The molecule has 0 radical (unpaired) electrons. The highest BCUT2D eigenvalue weighted by Gasteiger charge is 2.15. The van der Waals surface area contributed by atoms with Gasteiger partial charge in [-0.2, -0.15) is 0 Å². The minimum Gasteiger partial charge on any atom is -0.381 e. The summed E-state index contributed by atoms with van der Waals surface area (Å²) in [5.74, 6) is 1.10. The second-order valence-corrected chi connectivity index (χ2v) is 7.29. The summed E-state index contributed by atoms with van der Waals surface area (Å²) >= 11 is 0. The van der Waals surface area contributed by atoms with Crippen LogP contribution in [0.2, 0.25) is 0 Å². The Labute approximate surface area is 174 Å². The van der Waals surface area contributed by atoms with Crippen molar-refractivity contribution in [3.63, 3.8) is 0 Å². The molecule has 1 heterocycles. The summed E-state index contributed by atoms with van der Waals surface area (Å²) in [7, 11) is 1.81. The van der Waals surface area contributed by atoms with Crippen LogP contribution in [0.1, 0.15) is 36.3 Å². The number of guanidine groups is 1. The number of hydrogen-bond donors (Lipinski definition) is 2. The summed E-state index contributed by atoms with van der Waals surface area (Å²) in [6.07, 6.45) is 3.34. The van der Waals surface area contributed by atoms with E-state index >= 15 is 0 Å². The van der Waals surface area contributed by atoms with E-state index in [1.54, 1.807) is 0 Å². The maximum Gasteiger partial charge on any atom is 0.191 e. The molecule has 2 N–H and O–H groups in total. The fourth-order valence-electron chi connectivity index (χ4n) is 3.59. The Morgan fingerprint density at radius 2 is 1.62 bits per heavy atom. The molecule has 0 aliphatic carbocycles. The first kappa shape index (κ1) is 21.3. The van der Waals surface area contributed by atoms with Crippen molar-refractivity contribution in [3.8, 4) is 0 Å². The van der Waals surface area contributed by atoms with E-state index in [1.807, 2.05) is 7.05 Å². The molecule has 156 valence electrons. The van der Waals surface area contributed by atoms with E-state index in [9.17, 15) is 0 Å². The van der Waals surface area contributed by atoms with Gasteiger partial charge in [-0.25, -0.2) is 0 Å². The zero-order chi connectivity index (χ0) is 20.2. The van der Waals surface area contributed by atoms with Gasteiger partial charge in [0.15, 0.2) is 5.96 Å². The molecule has 0 amide bonds. The standard InChI is InChI=1S/C24H33N3O2/c1-25-24(26-15-8-16-29-22-13-17-28-18-14-22)27-19-23(20-9-4-2-5-10-20)21-11-6-3-7-12-21/h2-7,9-12,22-23H,8,13-19H2,1H3,(H2,25,26,27). The lowest BCUT2D eigenvalue weighted by molar-refractivity contribution is -0.0320. The first-order chi connectivity index (χ1) is 14.4. The molecule has 1 aliphatic heterocycles. The van der Waals surface area contributed by atoms with Gasteiger partial charge in [0.1, 0.15) is 0 Å². The third kappa shape index (κ3) is 7.18. The first-order valence-electron chi connectivity index (χ1n) is 10.6. The molecule has 0 spiro atoms. The van der Waals surface area contributed by atoms with E-state index in [4.69, 9.17) is 9.47 Å². The Kier molecular flexibility index (Phi) is 9.01. The second kappa shape index (κ2) is 12.2. The maximum atomic E-state index is 5.93. The van der Waals surface area contributed by atoms with E-state index in [0.29, 0.717) is 6.10 Å². The average molecular weight is 396 g/mol. The number of rotatable bonds is 9. The topological polar surface area (TPSA) is 54.9 Å². The molecule has 29 heavy (non-hydrogen) atoms. The van der Waals surface area contributed by atoms with E-state index in [-0.39, 0.29) is 5.92 Å². The fourth-order valence-corrected chi connectivity index (χ4v) is 3.59. The summed E-state index contributed by atoms with van der Waals surface area (Å²) in [4.78, 5) is 4.37. The van der Waals surface area contributed by atoms with Gasteiger partial charge in [-0.1, -0.05) is 60.7 Å². The third-order valence-corrected chi connectivity index (χ3v) is 5.24. The number of hydrogen-bond acceptors (Lipinski definition) is 3. The molecular weight excluding hydrogens is 362 g/mol. The van der Waals surface area contributed by atoms with E-state index < -0.39 is 0 Å². The van der Waals surface area contributed by atoms with Crippen molar-refractivity contribution in [3.05, 3.63) is 71.8 Å². The van der Waals surface area contributed by atoms with Gasteiger partial charge in [-0.15, -0.1) is 0 Å². The van der Waals surface area contributed by atoms with Crippen LogP contribution < -0.4 is 10.6 Å². The SMILES string of the molecule is CN=C(NCCCOC1CCOCC1)NCC(c1ccccc1)c1ccccc1. The van der Waals surface area contributed by atoms with Crippen molar-refractivity contribution in [2.75, 3.05) is 40.0 Å². The summed E-state index contributed by atoms with van der Waals surface area (Å²) in [6, 6.07) is 21.2. The van der Waals surface area contributed by atoms with Crippen LogP contribution in [0.4, 0.5) is 0 Å². The van der Waals surface area contributed by atoms with Gasteiger partial charge >= 0.3 is 0 Å². The third-order valence-electron chi connectivity index (χ3n) is 5.24. The molecule has 1 saturated heterocycles. The molecule has 1 aliphatic rings. The predicted molar refractivity (Wildman–Crippen MR) is 119 cm³/mol. The Morgan fingerprint density at radius 1 is 1.00 bits per heavy atom. The highest BCUT2D eigenvalue weighted by atomic mass is 16.5. The quantitative estimate of drug-likeness (QED) is 0.387. The van der Waals surface area contributed by atoms with Gasteiger partial charge in [0.25, 0.3) is 0 Å². The summed E-state index contributed by atoms with van der Waals surface area (Å²) in [5, 5.41) is 6.89. The number of benzene rings is 2. The van der Waals surface area contributed by atoms with Crippen LogP contribution in [0.5, 0.6) is 0 Å². The van der Waals surface area contributed by atoms with E-state index in [0.717, 1.165) is 58.1 Å². The van der Waals surface area contributed by atoms with Crippen molar-refractivity contribution in [2.45, 2.75) is 31.3 Å². The number of aliphatic imine (C=N–C) groups is 1. The van der Waals surface area contributed by atoms with Crippen molar-refractivity contribution in [1.29, 1.82) is 0 Å². The summed E-state index contributed by atoms with van der Waals surface area (Å²) < 4.78 is 11.3. The van der Waals surface area contributed by atoms with Crippen LogP contribution in [0, 0.1) is 0 Å². The van der Waals surface area contributed by atoms with Crippen LogP contribution in [-0.4, -0.2) is 52.0 Å². The molecule has 0 bridgehead atoms. The van der Waals surface area contributed by atoms with E-state index in [1.165, 1.54) is 11.1 Å². The first-order valence-corrected chi connectivity index (χ1v) is 10.6. The smallest absolute Gasteiger partial charge is 0.191 e.